The Morgan fingerprint density at radius 3 is 2.52 bits per heavy atom. The quantitative estimate of drug-likeness (QED) is 0.866. The Kier molecular flexibility index (Phi) is 4.47. The molecule has 0 aliphatic carbocycles. The molecule has 4 nitrogen and oxygen atoms in total. The molecule has 0 bridgehead atoms. The average Bonchev–Trinajstić information content (AvgIpc) is 2.81. The molecule has 114 valence electrons. The summed E-state index contributed by atoms with van der Waals surface area (Å²) in [4.78, 5) is 25.2. The van der Waals surface area contributed by atoms with Gasteiger partial charge in [-0.15, -0.1) is 0 Å². The zero-order valence-electron chi connectivity index (χ0n) is 13.2. The number of likely N-dealkylation sites (tertiary alicyclic amines) is 1. The first-order chi connectivity index (χ1) is 9.82. The number of carboxylic acid groups (broad SMARTS) is 1. The third kappa shape index (κ3) is 3.00. The summed E-state index contributed by atoms with van der Waals surface area (Å²) in [5.74, 6) is -0.677. The van der Waals surface area contributed by atoms with Crippen LogP contribution >= 0.6 is 0 Å². The molecule has 1 atom stereocenters. The number of rotatable bonds is 4. The van der Waals surface area contributed by atoms with Crippen LogP contribution < -0.4 is 0 Å². The molecule has 1 aliphatic heterocycles. The molecular formula is C17H23NO3. The number of aliphatic carboxylic acids is 1. The number of benzene rings is 1. The number of ketones is 1. The van der Waals surface area contributed by atoms with E-state index in [2.05, 4.69) is 0 Å². The smallest absolute Gasteiger partial charge is 0.320 e. The predicted molar refractivity (Wildman–Crippen MR) is 81.7 cm³/mol. The van der Waals surface area contributed by atoms with Crippen molar-refractivity contribution in [1.82, 2.24) is 4.90 Å². The molecule has 21 heavy (non-hydrogen) atoms. The molecule has 1 aliphatic rings. The van der Waals surface area contributed by atoms with E-state index in [1.165, 1.54) is 0 Å². The number of nitrogens with zero attached hydrogens (tertiary/aromatic N) is 1. The second-order valence-corrected chi connectivity index (χ2v) is 6.01. The molecule has 0 spiro atoms. The van der Waals surface area contributed by atoms with Crippen molar-refractivity contribution in [3.8, 4) is 0 Å². The van der Waals surface area contributed by atoms with E-state index < -0.39 is 12.0 Å². The van der Waals surface area contributed by atoms with E-state index in [-0.39, 0.29) is 5.78 Å². The van der Waals surface area contributed by atoms with Gasteiger partial charge in [-0.25, -0.2) is 0 Å². The Hall–Kier alpha value is -1.68. The molecule has 0 aromatic heterocycles. The van der Waals surface area contributed by atoms with Gasteiger partial charge in [0.25, 0.3) is 0 Å². The zero-order chi connectivity index (χ0) is 15.7. The molecule has 1 N–H and O–H groups in total. The van der Waals surface area contributed by atoms with Crippen molar-refractivity contribution in [2.24, 2.45) is 0 Å². The molecule has 1 saturated heterocycles. The van der Waals surface area contributed by atoms with E-state index in [9.17, 15) is 14.7 Å². The van der Waals surface area contributed by atoms with Crippen LogP contribution in [-0.4, -0.2) is 34.3 Å². The largest absolute Gasteiger partial charge is 0.480 e. The van der Waals surface area contributed by atoms with Crippen LogP contribution in [0.1, 0.15) is 52.4 Å². The number of aryl methyl sites for hydroxylation is 2. The Bertz CT molecular complexity index is 592. The summed E-state index contributed by atoms with van der Waals surface area (Å²) >= 11 is 0. The molecule has 0 saturated carbocycles. The van der Waals surface area contributed by atoms with Crippen molar-refractivity contribution in [3.05, 3.63) is 33.9 Å². The van der Waals surface area contributed by atoms with Gasteiger partial charge in [0.1, 0.15) is 6.04 Å². The van der Waals surface area contributed by atoms with E-state index in [4.69, 9.17) is 0 Å². The normalized spacial score (nSPS) is 19.0. The van der Waals surface area contributed by atoms with Crippen LogP contribution in [0.2, 0.25) is 0 Å². The average molecular weight is 289 g/mol. The molecule has 0 radical (unpaired) electrons. The van der Waals surface area contributed by atoms with Crippen LogP contribution in [0.4, 0.5) is 0 Å². The van der Waals surface area contributed by atoms with Gasteiger partial charge in [0, 0.05) is 12.1 Å². The first kappa shape index (κ1) is 15.7. The predicted octanol–water partition coefficient (Wildman–Crippen LogP) is 2.86. The number of Topliss-reactive ketones (excluding diaryl/α,β-unsaturated/α-hetero) is 1. The maximum absolute atomic E-state index is 11.9. The Morgan fingerprint density at radius 1 is 1.29 bits per heavy atom. The molecule has 2 rings (SSSR count). The SMILES string of the molecule is CC(=O)c1c(C)cc(C)c(CN2CCCC2C(=O)O)c1C. The van der Waals surface area contributed by atoms with Crippen LogP contribution in [0.25, 0.3) is 0 Å². The number of carboxylic acids is 1. The van der Waals surface area contributed by atoms with Crippen LogP contribution in [0.15, 0.2) is 6.07 Å². The first-order valence-electron chi connectivity index (χ1n) is 7.40. The number of carbonyl (C=O) groups is 2. The fourth-order valence-electron chi connectivity index (χ4n) is 3.51. The molecule has 4 heteroatoms. The second-order valence-electron chi connectivity index (χ2n) is 6.01. The standard InChI is InChI=1S/C17H23NO3/c1-10-8-11(2)16(13(4)19)12(3)14(10)9-18-7-5-6-15(18)17(20)21/h8,15H,5-7,9H2,1-4H3,(H,20,21). The van der Waals surface area contributed by atoms with Crippen molar-refractivity contribution in [2.75, 3.05) is 6.54 Å². The molecule has 1 unspecified atom stereocenters. The van der Waals surface area contributed by atoms with Gasteiger partial charge in [-0.05, 0) is 69.3 Å². The third-order valence-corrected chi connectivity index (χ3v) is 4.49. The van der Waals surface area contributed by atoms with Gasteiger partial charge in [0.2, 0.25) is 0 Å². The summed E-state index contributed by atoms with van der Waals surface area (Å²) in [5.41, 5.74) is 5.00. The van der Waals surface area contributed by atoms with Crippen molar-refractivity contribution in [3.63, 3.8) is 0 Å². The van der Waals surface area contributed by atoms with Gasteiger partial charge in [-0.3, -0.25) is 14.5 Å². The molecule has 1 aromatic carbocycles. The summed E-state index contributed by atoms with van der Waals surface area (Å²) < 4.78 is 0. The topological polar surface area (TPSA) is 57.6 Å². The lowest BCUT2D eigenvalue weighted by Crippen LogP contribution is -2.35. The monoisotopic (exact) mass is 289 g/mol. The van der Waals surface area contributed by atoms with Gasteiger partial charge in [-0.2, -0.15) is 0 Å². The fourth-order valence-corrected chi connectivity index (χ4v) is 3.51. The van der Waals surface area contributed by atoms with Gasteiger partial charge in [-0.1, -0.05) is 6.07 Å². The zero-order valence-corrected chi connectivity index (χ0v) is 13.2. The van der Waals surface area contributed by atoms with Crippen LogP contribution in [0.3, 0.4) is 0 Å². The minimum atomic E-state index is -0.748. The summed E-state index contributed by atoms with van der Waals surface area (Å²) in [7, 11) is 0. The van der Waals surface area contributed by atoms with Gasteiger partial charge >= 0.3 is 5.97 Å². The van der Waals surface area contributed by atoms with Crippen LogP contribution in [-0.2, 0) is 11.3 Å². The summed E-state index contributed by atoms with van der Waals surface area (Å²) in [6, 6.07) is 1.64. The van der Waals surface area contributed by atoms with Crippen LogP contribution in [0.5, 0.6) is 0 Å². The second kappa shape index (κ2) is 5.98. The molecular weight excluding hydrogens is 266 g/mol. The van der Waals surface area contributed by atoms with Gasteiger partial charge in [0.15, 0.2) is 5.78 Å². The Labute approximate surface area is 125 Å². The molecule has 1 heterocycles. The maximum Gasteiger partial charge on any atom is 0.320 e. The minimum Gasteiger partial charge on any atom is -0.480 e. The highest BCUT2D eigenvalue weighted by molar-refractivity contribution is 5.97. The lowest BCUT2D eigenvalue weighted by atomic mass is 9.91. The molecule has 0 amide bonds. The summed E-state index contributed by atoms with van der Waals surface area (Å²) in [6.07, 6.45) is 1.62. The molecule has 1 aromatic rings. The van der Waals surface area contributed by atoms with E-state index in [1.807, 2.05) is 31.7 Å². The Morgan fingerprint density at radius 2 is 1.95 bits per heavy atom. The first-order valence-corrected chi connectivity index (χ1v) is 7.40. The number of hydrogen-bond donors (Lipinski definition) is 1. The fraction of sp³-hybridized carbons (Fsp3) is 0.529. The number of hydrogen-bond acceptors (Lipinski definition) is 3. The summed E-state index contributed by atoms with van der Waals surface area (Å²) in [6.45, 7) is 8.96. The van der Waals surface area contributed by atoms with E-state index in [0.717, 1.165) is 40.8 Å². The van der Waals surface area contributed by atoms with Crippen LogP contribution in [0, 0.1) is 20.8 Å². The highest BCUT2D eigenvalue weighted by Gasteiger charge is 2.31. The van der Waals surface area contributed by atoms with Crippen molar-refractivity contribution in [1.29, 1.82) is 0 Å². The van der Waals surface area contributed by atoms with Crippen molar-refractivity contribution in [2.45, 2.75) is 53.1 Å². The Balaban J connectivity index is 2.38. The lowest BCUT2D eigenvalue weighted by molar-refractivity contribution is -0.142. The maximum atomic E-state index is 11.9. The summed E-state index contributed by atoms with van der Waals surface area (Å²) in [5, 5.41) is 9.29. The third-order valence-electron chi connectivity index (χ3n) is 4.49. The van der Waals surface area contributed by atoms with Crippen molar-refractivity contribution >= 4 is 11.8 Å². The van der Waals surface area contributed by atoms with E-state index >= 15 is 0 Å². The minimum absolute atomic E-state index is 0.0717. The molecule has 1 fully saturated rings. The van der Waals surface area contributed by atoms with Gasteiger partial charge < -0.3 is 5.11 Å². The van der Waals surface area contributed by atoms with E-state index in [0.29, 0.717) is 13.0 Å². The number of carbonyl (C=O) groups excluding carboxylic acids is 1. The highest BCUT2D eigenvalue weighted by atomic mass is 16.4. The lowest BCUT2D eigenvalue weighted by Gasteiger charge is -2.24. The van der Waals surface area contributed by atoms with E-state index in [1.54, 1.807) is 6.92 Å². The van der Waals surface area contributed by atoms with Crippen molar-refractivity contribution < 1.29 is 14.7 Å². The van der Waals surface area contributed by atoms with Gasteiger partial charge in [0.05, 0.1) is 0 Å². The highest BCUT2D eigenvalue weighted by Crippen LogP contribution is 2.27.